The number of nitrogens with one attached hydrogen (secondary N) is 1. The van der Waals surface area contributed by atoms with E-state index in [1.54, 1.807) is 6.20 Å². The Kier molecular flexibility index (Phi) is 5.59. The number of halogens is 2. The van der Waals surface area contributed by atoms with Crippen LogP contribution in [0.4, 0.5) is 14.5 Å². The highest BCUT2D eigenvalue weighted by atomic mass is 19.1. The van der Waals surface area contributed by atoms with E-state index in [1.807, 2.05) is 11.0 Å². The van der Waals surface area contributed by atoms with Crippen molar-refractivity contribution in [3.05, 3.63) is 58.9 Å². The number of rotatable bonds is 4. The lowest BCUT2D eigenvalue weighted by atomic mass is 9.91. The number of benzene rings is 1. The molecule has 0 bridgehead atoms. The van der Waals surface area contributed by atoms with Crippen LogP contribution < -0.4 is 10.2 Å². The van der Waals surface area contributed by atoms with Crippen molar-refractivity contribution in [2.75, 3.05) is 37.6 Å². The Hall–Kier alpha value is -2.38. The maximum atomic E-state index is 14.1. The van der Waals surface area contributed by atoms with Gasteiger partial charge >= 0.3 is 0 Å². The van der Waals surface area contributed by atoms with Gasteiger partial charge in [-0.3, -0.25) is 14.7 Å². The number of piperazine rings is 1. The molecule has 1 unspecified atom stereocenters. The Bertz CT molecular complexity index is 962. The monoisotopic (exact) mass is 414 g/mol. The molecule has 1 aromatic heterocycles. The number of pyridine rings is 1. The summed E-state index contributed by atoms with van der Waals surface area (Å²) in [4.78, 5) is 21.8. The van der Waals surface area contributed by atoms with E-state index in [0.29, 0.717) is 31.1 Å². The van der Waals surface area contributed by atoms with Crippen LogP contribution in [0, 0.1) is 11.6 Å². The van der Waals surface area contributed by atoms with Crippen LogP contribution in [0.2, 0.25) is 0 Å². The van der Waals surface area contributed by atoms with Crippen molar-refractivity contribution in [1.29, 1.82) is 0 Å². The lowest BCUT2D eigenvalue weighted by Gasteiger charge is -2.32. The second-order valence-electron chi connectivity index (χ2n) is 9.08. The van der Waals surface area contributed by atoms with Gasteiger partial charge in [-0.05, 0) is 30.2 Å². The van der Waals surface area contributed by atoms with E-state index in [9.17, 15) is 13.6 Å². The predicted molar refractivity (Wildman–Crippen MR) is 113 cm³/mol. The SMILES string of the molecule is CC1CN(CC(=O)N2CC(C)(C)c3ncc(Cc4ccc(F)cc4F)cc32)CCN1. The van der Waals surface area contributed by atoms with E-state index >= 15 is 0 Å². The van der Waals surface area contributed by atoms with Crippen LogP contribution in [0.5, 0.6) is 0 Å². The van der Waals surface area contributed by atoms with Crippen molar-refractivity contribution in [3.8, 4) is 0 Å². The molecule has 1 aromatic carbocycles. The molecule has 1 fully saturated rings. The minimum atomic E-state index is -0.593. The number of amides is 1. The summed E-state index contributed by atoms with van der Waals surface area (Å²) >= 11 is 0. The molecule has 160 valence electrons. The normalized spacial score (nSPS) is 21.0. The van der Waals surface area contributed by atoms with Crippen LogP contribution >= 0.6 is 0 Å². The lowest BCUT2D eigenvalue weighted by Crippen LogP contribution is -2.52. The standard InChI is InChI=1S/C23H28F2N4O/c1-15-12-28(7-6-26-15)13-21(30)29-14-23(2,3)22-20(29)9-16(11-27-22)8-17-4-5-18(24)10-19(17)25/h4-5,9-11,15,26H,6-8,12-14H2,1-3H3. The molecule has 30 heavy (non-hydrogen) atoms. The van der Waals surface area contributed by atoms with Crippen LogP contribution in [0.15, 0.2) is 30.5 Å². The summed E-state index contributed by atoms with van der Waals surface area (Å²) in [5.41, 5.74) is 2.64. The highest BCUT2D eigenvalue weighted by molar-refractivity contribution is 5.97. The number of carbonyl (C=O) groups is 1. The van der Waals surface area contributed by atoms with Gasteiger partial charge in [-0.1, -0.05) is 19.9 Å². The summed E-state index contributed by atoms with van der Waals surface area (Å²) in [7, 11) is 0. The zero-order chi connectivity index (χ0) is 21.5. The van der Waals surface area contributed by atoms with Crippen molar-refractivity contribution in [3.63, 3.8) is 0 Å². The molecule has 5 nitrogen and oxygen atoms in total. The summed E-state index contributed by atoms with van der Waals surface area (Å²) in [6.07, 6.45) is 2.03. The highest BCUT2D eigenvalue weighted by Gasteiger charge is 2.40. The molecule has 2 aliphatic heterocycles. The molecular formula is C23H28F2N4O. The average molecular weight is 415 g/mol. The van der Waals surface area contributed by atoms with E-state index in [4.69, 9.17) is 0 Å². The summed E-state index contributed by atoms with van der Waals surface area (Å²) in [6, 6.07) is 5.90. The topological polar surface area (TPSA) is 48.5 Å². The number of aromatic nitrogens is 1. The summed E-state index contributed by atoms with van der Waals surface area (Å²) in [5.74, 6) is -1.11. The first-order valence-corrected chi connectivity index (χ1v) is 10.4. The van der Waals surface area contributed by atoms with Gasteiger partial charge in [0.15, 0.2) is 0 Å². The third-order valence-corrected chi connectivity index (χ3v) is 5.93. The molecule has 1 atom stereocenters. The lowest BCUT2D eigenvalue weighted by molar-refractivity contribution is -0.120. The number of nitrogens with zero attached hydrogens (tertiary/aromatic N) is 3. The number of hydrogen-bond acceptors (Lipinski definition) is 4. The minimum absolute atomic E-state index is 0.0582. The zero-order valence-corrected chi connectivity index (χ0v) is 17.7. The van der Waals surface area contributed by atoms with Crippen molar-refractivity contribution < 1.29 is 13.6 Å². The Morgan fingerprint density at radius 3 is 2.83 bits per heavy atom. The molecular weight excluding hydrogens is 386 g/mol. The highest BCUT2D eigenvalue weighted by Crippen LogP contribution is 2.39. The van der Waals surface area contributed by atoms with Gasteiger partial charge in [-0.15, -0.1) is 0 Å². The van der Waals surface area contributed by atoms with Gasteiger partial charge in [0.05, 0.1) is 17.9 Å². The molecule has 7 heteroatoms. The second kappa shape index (κ2) is 8.04. The molecule has 1 amide bonds. The van der Waals surface area contributed by atoms with E-state index in [1.165, 1.54) is 12.1 Å². The minimum Gasteiger partial charge on any atom is -0.312 e. The first-order chi connectivity index (χ1) is 14.2. The third-order valence-electron chi connectivity index (χ3n) is 5.93. The van der Waals surface area contributed by atoms with Crippen molar-refractivity contribution in [1.82, 2.24) is 15.2 Å². The van der Waals surface area contributed by atoms with Crippen LogP contribution in [0.1, 0.15) is 37.6 Å². The largest absolute Gasteiger partial charge is 0.312 e. The van der Waals surface area contributed by atoms with E-state index in [-0.39, 0.29) is 11.3 Å². The van der Waals surface area contributed by atoms with Crippen molar-refractivity contribution in [2.45, 2.75) is 38.6 Å². The molecule has 0 saturated carbocycles. The summed E-state index contributed by atoms with van der Waals surface area (Å²) in [6.45, 7) is 9.81. The summed E-state index contributed by atoms with van der Waals surface area (Å²) < 4.78 is 27.3. The van der Waals surface area contributed by atoms with Gasteiger partial charge < -0.3 is 10.2 Å². The van der Waals surface area contributed by atoms with Gasteiger partial charge in [-0.2, -0.15) is 0 Å². The first kappa shape index (κ1) is 20.9. The van der Waals surface area contributed by atoms with E-state index in [0.717, 1.165) is 42.6 Å². The molecule has 0 radical (unpaired) electrons. The van der Waals surface area contributed by atoms with Crippen LogP contribution in [-0.4, -0.2) is 54.6 Å². The third kappa shape index (κ3) is 4.23. The molecule has 1 saturated heterocycles. The van der Waals surface area contributed by atoms with E-state index < -0.39 is 11.6 Å². The van der Waals surface area contributed by atoms with Crippen LogP contribution in [0.25, 0.3) is 0 Å². The molecule has 2 aromatic rings. The van der Waals surface area contributed by atoms with E-state index in [2.05, 4.69) is 36.0 Å². The maximum Gasteiger partial charge on any atom is 0.241 e. The average Bonchev–Trinajstić information content (AvgIpc) is 2.95. The quantitative estimate of drug-likeness (QED) is 0.836. The molecule has 0 spiro atoms. The van der Waals surface area contributed by atoms with Gasteiger partial charge in [0, 0.05) is 56.3 Å². The maximum absolute atomic E-state index is 14.1. The first-order valence-electron chi connectivity index (χ1n) is 10.4. The van der Waals surface area contributed by atoms with Crippen molar-refractivity contribution in [2.24, 2.45) is 0 Å². The van der Waals surface area contributed by atoms with Crippen LogP contribution in [0.3, 0.4) is 0 Å². The summed E-state index contributed by atoms with van der Waals surface area (Å²) in [5, 5.41) is 3.39. The molecule has 4 rings (SSSR count). The molecule has 1 N–H and O–H groups in total. The van der Waals surface area contributed by atoms with Gasteiger partial charge in [0.25, 0.3) is 0 Å². The zero-order valence-electron chi connectivity index (χ0n) is 17.7. The number of hydrogen-bond donors (Lipinski definition) is 1. The molecule has 0 aliphatic carbocycles. The number of anilines is 1. The Balaban J connectivity index is 1.57. The number of carbonyl (C=O) groups excluding carboxylic acids is 1. The van der Waals surface area contributed by atoms with Crippen LogP contribution in [-0.2, 0) is 16.6 Å². The number of fused-ring (bicyclic) bond motifs is 1. The fourth-order valence-electron chi connectivity index (χ4n) is 4.41. The van der Waals surface area contributed by atoms with Gasteiger partial charge in [0.2, 0.25) is 5.91 Å². The Morgan fingerprint density at radius 2 is 2.10 bits per heavy atom. The van der Waals surface area contributed by atoms with Gasteiger partial charge in [0.1, 0.15) is 11.6 Å². The Morgan fingerprint density at radius 1 is 1.30 bits per heavy atom. The molecule has 2 aliphatic rings. The molecule has 3 heterocycles. The predicted octanol–water partition coefficient (Wildman–Crippen LogP) is 2.87. The fraction of sp³-hybridized carbons (Fsp3) is 0.478. The van der Waals surface area contributed by atoms with Gasteiger partial charge in [-0.25, -0.2) is 8.78 Å². The smallest absolute Gasteiger partial charge is 0.241 e. The fourth-order valence-corrected chi connectivity index (χ4v) is 4.41. The van der Waals surface area contributed by atoms with Crippen molar-refractivity contribution >= 4 is 11.6 Å². The second-order valence-corrected chi connectivity index (χ2v) is 9.08. The Labute approximate surface area is 176 Å².